The summed E-state index contributed by atoms with van der Waals surface area (Å²) in [5, 5.41) is 0. The number of amides is 1. The molecule has 4 nitrogen and oxygen atoms in total. The predicted octanol–water partition coefficient (Wildman–Crippen LogP) is 2.55. The zero-order chi connectivity index (χ0) is 15.0. The highest BCUT2D eigenvalue weighted by molar-refractivity contribution is 5.85. The van der Waals surface area contributed by atoms with Gasteiger partial charge in [0.2, 0.25) is 5.91 Å². The van der Waals surface area contributed by atoms with Crippen molar-refractivity contribution in [3.63, 3.8) is 0 Å². The molecule has 1 rings (SSSR count). The molecule has 0 aromatic heterocycles. The summed E-state index contributed by atoms with van der Waals surface area (Å²) >= 11 is 0. The molecule has 0 bridgehead atoms. The summed E-state index contributed by atoms with van der Waals surface area (Å²) in [6.07, 6.45) is 0.837. The zero-order valence-corrected chi connectivity index (χ0v) is 15.3. The number of hydrogen-bond donors (Lipinski definition) is 1. The summed E-state index contributed by atoms with van der Waals surface area (Å²) in [5.74, 6) is 0.165. The third kappa shape index (κ3) is 8.59. The minimum absolute atomic E-state index is 0. The van der Waals surface area contributed by atoms with Gasteiger partial charge in [-0.05, 0) is 39.4 Å². The highest BCUT2D eigenvalue weighted by atomic mass is 35.5. The van der Waals surface area contributed by atoms with Crippen LogP contribution in [0.25, 0.3) is 0 Å². The first-order valence-corrected chi connectivity index (χ1v) is 7.26. The largest absolute Gasteiger partial charge is 0.337 e. The second-order valence-corrected chi connectivity index (χ2v) is 5.45. The Bertz CT molecular complexity index is 402. The maximum atomic E-state index is 12.4. The average molecular weight is 350 g/mol. The third-order valence-corrected chi connectivity index (χ3v) is 3.47. The zero-order valence-electron chi connectivity index (χ0n) is 13.7. The van der Waals surface area contributed by atoms with E-state index in [9.17, 15) is 4.79 Å². The number of carbonyl (C=O) groups is 1. The molecule has 0 fully saturated rings. The quantitative estimate of drug-likeness (QED) is 0.784. The van der Waals surface area contributed by atoms with E-state index in [1.165, 1.54) is 0 Å². The van der Waals surface area contributed by atoms with Crippen molar-refractivity contribution >= 4 is 30.7 Å². The Kier molecular flexibility index (Phi) is 13.5. The first-order chi connectivity index (χ1) is 9.54. The van der Waals surface area contributed by atoms with Gasteiger partial charge in [-0.15, -0.1) is 24.8 Å². The van der Waals surface area contributed by atoms with Crippen molar-refractivity contribution in [1.82, 2.24) is 9.80 Å². The van der Waals surface area contributed by atoms with Crippen molar-refractivity contribution < 1.29 is 4.79 Å². The fraction of sp³-hybridized carbons (Fsp3) is 0.562. The van der Waals surface area contributed by atoms with Gasteiger partial charge in [0.25, 0.3) is 0 Å². The van der Waals surface area contributed by atoms with Crippen molar-refractivity contribution in [3.05, 3.63) is 35.9 Å². The van der Waals surface area contributed by atoms with Crippen LogP contribution < -0.4 is 5.73 Å². The summed E-state index contributed by atoms with van der Waals surface area (Å²) in [4.78, 5) is 16.4. The normalized spacial score (nSPS) is 10.1. The Labute approximate surface area is 146 Å². The van der Waals surface area contributed by atoms with Gasteiger partial charge in [-0.1, -0.05) is 30.3 Å². The van der Waals surface area contributed by atoms with Crippen LogP contribution in [0.3, 0.4) is 0 Å². The summed E-state index contributed by atoms with van der Waals surface area (Å²) in [6, 6.07) is 10.5. The number of benzene rings is 1. The number of nitrogens with two attached hydrogens (primary N) is 1. The highest BCUT2D eigenvalue weighted by Crippen LogP contribution is 2.06. The maximum absolute atomic E-state index is 12.4. The van der Waals surface area contributed by atoms with Crippen LogP contribution in [0, 0.1) is 0 Å². The van der Waals surface area contributed by atoms with E-state index in [-0.39, 0.29) is 30.7 Å². The van der Waals surface area contributed by atoms with Crippen molar-refractivity contribution in [2.24, 2.45) is 5.73 Å². The molecule has 0 radical (unpaired) electrons. The molecule has 2 N–H and O–H groups in total. The molecular weight excluding hydrogens is 321 g/mol. The Morgan fingerprint density at radius 2 is 1.77 bits per heavy atom. The Morgan fingerprint density at radius 1 is 1.18 bits per heavy atom. The van der Waals surface area contributed by atoms with E-state index in [2.05, 4.69) is 30.9 Å². The number of likely N-dealkylation sites (N-methyl/N-ethyl adjacent to an activating group) is 1. The van der Waals surface area contributed by atoms with Crippen molar-refractivity contribution in [2.45, 2.75) is 32.9 Å². The van der Waals surface area contributed by atoms with Crippen molar-refractivity contribution in [1.29, 1.82) is 0 Å². The first kappa shape index (κ1) is 23.5. The second kappa shape index (κ2) is 12.7. The molecule has 128 valence electrons. The minimum atomic E-state index is 0. The number of rotatable bonds is 8. The van der Waals surface area contributed by atoms with E-state index >= 15 is 0 Å². The van der Waals surface area contributed by atoms with Crippen molar-refractivity contribution in [2.75, 3.05) is 26.7 Å². The van der Waals surface area contributed by atoms with Gasteiger partial charge in [-0.25, -0.2) is 0 Å². The first-order valence-electron chi connectivity index (χ1n) is 7.26. The van der Waals surface area contributed by atoms with E-state index in [0.29, 0.717) is 25.7 Å². The van der Waals surface area contributed by atoms with Crippen LogP contribution in [0.5, 0.6) is 0 Å². The van der Waals surface area contributed by atoms with Crippen LogP contribution in [-0.2, 0) is 11.3 Å². The topological polar surface area (TPSA) is 49.6 Å². The SMILES string of the molecule is CC(C)N(C)CC(=O)N(CCCN)Cc1ccccc1.Cl.Cl. The summed E-state index contributed by atoms with van der Waals surface area (Å²) < 4.78 is 0. The molecular formula is C16H29Cl2N3O. The van der Waals surface area contributed by atoms with Crippen LogP contribution in [0.4, 0.5) is 0 Å². The molecule has 0 aliphatic carbocycles. The van der Waals surface area contributed by atoms with E-state index in [1.54, 1.807) is 0 Å². The van der Waals surface area contributed by atoms with E-state index in [1.807, 2.05) is 30.1 Å². The maximum Gasteiger partial charge on any atom is 0.237 e. The number of carbonyl (C=O) groups excluding carboxylic acids is 1. The van der Waals surface area contributed by atoms with Crippen LogP contribution in [-0.4, -0.2) is 48.4 Å². The van der Waals surface area contributed by atoms with Gasteiger partial charge in [0, 0.05) is 19.1 Å². The standard InChI is InChI=1S/C16H27N3O.2ClH/c1-14(2)18(3)13-16(20)19(11-7-10-17)12-15-8-5-4-6-9-15;;/h4-6,8-9,14H,7,10-13,17H2,1-3H3;2*1H. The number of hydrogen-bond acceptors (Lipinski definition) is 3. The Hall–Kier alpha value is -0.810. The molecule has 0 aliphatic rings. The van der Waals surface area contributed by atoms with Gasteiger partial charge >= 0.3 is 0 Å². The fourth-order valence-corrected chi connectivity index (χ4v) is 1.87. The van der Waals surface area contributed by atoms with Gasteiger partial charge in [-0.2, -0.15) is 0 Å². The number of nitrogens with zero attached hydrogens (tertiary/aromatic N) is 2. The molecule has 22 heavy (non-hydrogen) atoms. The second-order valence-electron chi connectivity index (χ2n) is 5.45. The lowest BCUT2D eigenvalue weighted by atomic mass is 10.2. The summed E-state index contributed by atoms with van der Waals surface area (Å²) in [6.45, 7) is 6.62. The fourth-order valence-electron chi connectivity index (χ4n) is 1.87. The molecule has 1 amide bonds. The third-order valence-electron chi connectivity index (χ3n) is 3.47. The molecule has 0 saturated heterocycles. The average Bonchev–Trinajstić information content (AvgIpc) is 2.44. The van der Waals surface area contributed by atoms with Crippen molar-refractivity contribution in [3.8, 4) is 0 Å². The summed E-state index contributed by atoms with van der Waals surface area (Å²) in [7, 11) is 1.98. The lowest BCUT2D eigenvalue weighted by molar-refractivity contribution is -0.133. The predicted molar refractivity (Wildman–Crippen MR) is 97.8 cm³/mol. The van der Waals surface area contributed by atoms with Gasteiger partial charge < -0.3 is 10.6 Å². The van der Waals surface area contributed by atoms with E-state index in [0.717, 1.165) is 18.5 Å². The van der Waals surface area contributed by atoms with Crippen LogP contribution >= 0.6 is 24.8 Å². The van der Waals surface area contributed by atoms with E-state index in [4.69, 9.17) is 5.73 Å². The molecule has 6 heteroatoms. The van der Waals surface area contributed by atoms with Gasteiger partial charge in [0.05, 0.1) is 6.54 Å². The van der Waals surface area contributed by atoms with Gasteiger partial charge in [-0.3, -0.25) is 9.69 Å². The van der Waals surface area contributed by atoms with Gasteiger partial charge in [0.15, 0.2) is 0 Å². The summed E-state index contributed by atoms with van der Waals surface area (Å²) in [5.41, 5.74) is 6.73. The molecule has 0 heterocycles. The van der Waals surface area contributed by atoms with E-state index < -0.39 is 0 Å². The molecule has 1 aromatic rings. The Morgan fingerprint density at radius 3 is 2.27 bits per heavy atom. The molecule has 0 saturated carbocycles. The lowest BCUT2D eigenvalue weighted by Gasteiger charge is -2.27. The minimum Gasteiger partial charge on any atom is -0.337 e. The molecule has 0 aliphatic heterocycles. The van der Waals surface area contributed by atoms with Gasteiger partial charge in [0.1, 0.15) is 0 Å². The highest BCUT2D eigenvalue weighted by Gasteiger charge is 2.16. The molecule has 0 atom stereocenters. The smallest absolute Gasteiger partial charge is 0.237 e. The number of halogens is 2. The van der Waals surface area contributed by atoms with Crippen LogP contribution in [0.2, 0.25) is 0 Å². The molecule has 1 aromatic carbocycles. The molecule has 0 unspecified atom stereocenters. The van der Waals surface area contributed by atoms with Crippen LogP contribution in [0.1, 0.15) is 25.8 Å². The Balaban J connectivity index is 0. The van der Waals surface area contributed by atoms with Crippen LogP contribution in [0.15, 0.2) is 30.3 Å². The molecule has 0 spiro atoms. The monoisotopic (exact) mass is 349 g/mol. The lowest BCUT2D eigenvalue weighted by Crippen LogP contribution is -2.41.